The lowest BCUT2D eigenvalue weighted by atomic mass is 10.2. The Hall–Kier alpha value is -2.76. The number of furan rings is 1. The lowest BCUT2D eigenvalue weighted by Gasteiger charge is -1.99. The first-order chi connectivity index (χ1) is 9.28. The van der Waals surface area contributed by atoms with E-state index in [1.807, 2.05) is 12.1 Å². The fourth-order valence-corrected chi connectivity index (χ4v) is 1.82. The van der Waals surface area contributed by atoms with E-state index in [1.54, 1.807) is 25.4 Å². The fourth-order valence-electron chi connectivity index (χ4n) is 1.82. The largest absolute Gasteiger partial charge is 0.493 e. The van der Waals surface area contributed by atoms with Crippen LogP contribution in [0.3, 0.4) is 0 Å². The highest BCUT2D eigenvalue weighted by Gasteiger charge is 2.15. The van der Waals surface area contributed by atoms with Gasteiger partial charge in [-0.15, -0.1) is 0 Å². The monoisotopic (exact) mass is 257 g/mol. The number of nitrogens with zero attached hydrogens (tertiary/aromatic N) is 1. The number of methoxy groups -OCH3 is 1. The predicted molar refractivity (Wildman–Crippen MR) is 69.3 cm³/mol. The van der Waals surface area contributed by atoms with Gasteiger partial charge < -0.3 is 14.5 Å². The maximum Gasteiger partial charge on any atom is 0.291 e. The Morgan fingerprint density at radius 2 is 2.37 bits per heavy atom. The van der Waals surface area contributed by atoms with Crippen LogP contribution in [0.1, 0.15) is 10.6 Å². The Morgan fingerprint density at radius 1 is 1.47 bits per heavy atom. The first kappa shape index (κ1) is 11.3. The van der Waals surface area contributed by atoms with Gasteiger partial charge in [-0.05, 0) is 12.1 Å². The van der Waals surface area contributed by atoms with E-state index in [0.29, 0.717) is 17.0 Å². The second-order valence-corrected chi connectivity index (χ2v) is 3.93. The van der Waals surface area contributed by atoms with Crippen molar-refractivity contribution in [3.63, 3.8) is 0 Å². The third-order valence-corrected chi connectivity index (χ3v) is 2.71. The van der Waals surface area contributed by atoms with Gasteiger partial charge in [0.15, 0.2) is 17.1 Å². The SMILES string of the molecule is COc1cccc2cc(C(=O)Nc3cn[nH]c3)oc12. The zero-order valence-corrected chi connectivity index (χ0v) is 10.1. The van der Waals surface area contributed by atoms with Crippen LogP contribution in [0.25, 0.3) is 11.0 Å². The lowest BCUT2D eigenvalue weighted by Crippen LogP contribution is -2.09. The van der Waals surface area contributed by atoms with Gasteiger partial charge in [0.2, 0.25) is 0 Å². The van der Waals surface area contributed by atoms with Gasteiger partial charge in [0.1, 0.15) is 0 Å². The molecule has 0 radical (unpaired) electrons. The van der Waals surface area contributed by atoms with E-state index >= 15 is 0 Å². The molecule has 0 spiro atoms. The molecule has 6 nitrogen and oxygen atoms in total. The van der Waals surface area contributed by atoms with Crippen LogP contribution in [0.2, 0.25) is 0 Å². The highest BCUT2D eigenvalue weighted by molar-refractivity contribution is 6.04. The molecule has 1 amide bonds. The summed E-state index contributed by atoms with van der Waals surface area (Å²) in [5.41, 5.74) is 1.14. The molecular weight excluding hydrogens is 246 g/mol. The topological polar surface area (TPSA) is 80.1 Å². The Labute approximate surface area is 108 Å². The van der Waals surface area contributed by atoms with E-state index in [-0.39, 0.29) is 11.7 Å². The van der Waals surface area contributed by atoms with Gasteiger partial charge in [0, 0.05) is 11.6 Å². The Kier molecular flexibility index (Phi) is 2.68. The average Bonchev–Trinajstić information content (AvgIpc) is 3.06. The summed E-state index contributed by atoms with van der Waals surface area (Å²) in [4.78, 5) is 12.0. The van der Waals surface area contributed by atoms with Crippen molar-refractivity contribution < 1.29 is 13.9 Å². The maximum absolute atomic E-state index is 12.0. The van der Waals surface area contributed by atoms with Gasteiger partial charge in [0.25, 0.3) is 5.91 Å². The maximum atomic E-state index is 12.0. The molecule has 3 aromatic rings. The molecule has 0 saturated heterocycles. The van der Waals surface area contributed by atoms with Crippen LogP contribution in [0.4, 0.5) is 5.69 Å². The molecule has 0 fully saturated rings. The first-order valence-corrected chi connectivity index (χ1v) is 5.64. The molecule has 96 valence electrons. The highest BCUT2D eigenvalue weighted by atomic mass is 16.5. The minimum Gasteiger partial charge on any atom is -0.493 e. The number of para-hydroxylation sites is 1. The molecule has 1 aromatic carbocycles. The predicted octanol–water partition coefficient (Wildman–Crippen LogP) is 2.42. The molecule has 0 bridgehead atoms. The summed E-state index contributed by atoms with van der Waals surface area (Å²) in [7, 11) is 1.56. The quantitative estimate of drug-likeness (QED) is 0.755. The average molecular weight is 257 g/mol. The van der Waals surface area contributed by atoms with Crippen LogP contribution in [0, 0.1) is 0 Å². The number of carbonyl (C=O) groups is 1. The molecule has 6 heteroatoms. The zero-order chi connectivity index (χ0) is 13.2. The summed E-state index contributed by atoms with van der Waals surface area (Å²) in [5.74, 6) is 0.486. The molecule has 0 aliphatic rings. The van der Waals surface area contributed by atoms with Gasteiger partial charge in [0.05, 0.1) is 19.0 Å². The van der Waals surface area contributed by atoms with Gasteiger partial charge in [-0.3, -0.25) is 9.89 Å². The summed E-state index contributed by atoms with van der Waals surface area (Å²) < 4.78 is 10.7. The third kappa shape index (κ3) is 2.03. The number of nitrogens with one attached hydrogen (secondary N) is 2. The summed E-state index contributed by atoms with van der Waals surface area (Å²) in [6.07, 6.45) is 3.10. The first-order valence-electron chi connectivity index (χ1n) is 5.64. The number of fused-ring (bicyclic) bond motifs is 1. The summed E-state index contributed by atoms with van der Waals surface area (Å²) in [6, 6.07) is 7.15. The number of benzene rings is 1. The van der Waals surface area contributed by atoms with Crippen molar-refractivity contribution in [1.82, 2.24) is 10.2 Å². The highest BCUT2D eigenvalue weighted by Crippen LogP contribution is 2.28. The minimum absolute atomic E-state index is 0.223. The van der Waals surface area contributed by atoms with Crippen LogP contribution in [0.15, 0.2) is 41.1 Å². The zero-order valence-electron chi connectivity index (χ0n) is 10.1. The Bertz CT molecular complexity index is 716. The van der Waals surface area contributed by atoms with Crippen LogP contribution >= 0.6 is 0 Å². The molecule has 3 rings (SSSR count). The second kappa shape index (κ2) is 4.49. The van der Waals surface area contributed by atoms with Crippen LogP contribution in [-0.2, 0) is 0 Å². The number of aromatic amines is 1. The number of aromatic nitrogens is 2. The molecule has 2 aromatic heterocycles. The minimum atomic E-state index is -0.334. The van der Waals surface area contributed by atoms with Crippen molar-refractivity contribution in [2.45, 2.75) is 0 Å². The van der Waals surface area contributed by atoms with E-state index in [1.165, 1.54) is 6.20 Å². The van der Waals surface area contributed by atoms with Gasteiger partial charge >= 0.3 is 0 Å². The third-order valence-electron chi connectivity index (χ3n) is 2.71. The molecule has 0 saturated carbocycles. The number of amides is 1. The van der Waals surface area contributed by atoms with Gasteiger partial charge in [-0.1, -0.05) is 12.1 Å². The number of hydrogen-bond donors (Lipinski definition) is 2. The lowest BCUT2D eigenvalue weighted by molar-refractivity contribution is 0.0998. The number of ether oxygens (including phenoxy) is 1. The van der Waals surface area contributed by atoms with Crippen molar-refractivity contribution in [2.75, 3.05) is 12.4 Å². The van der Waals surface area contributed by atoms with Gasteiger partial charge in [-0.2, -0.15) is 5.10 Å². The van der Waals surface area contributed by atoms with Crippen molar-refractivity contribution in [3.8, 4) is 5.75 Å². The molecule has 0 aliphatic heterocycles. The molecule has 19 heavy (non-hydrogen) atoms. The second-order valence-electron chi connectivity index (χ2n) is 3.93. The van der Waals surface area contributed by atoms with Crippen molar-refractivity contribution in [3.05, 3.63) is 42.4 Å². The van der Waals surface area contributed by atoms with Crippen LogP contribution in [-0.4, -0.2) is 23.2 Å². The molecule has 0 unspecified atom stereocenters. The molecule has 0 aliphatic carbocycles. The smallest absolute Gasteiger partial charge is 0.291 e. The number of hydrogen-bond acceptors (Lipinski definition) is 4. The van der Waals surface area contributed by atoms with E-state index in [0.717, 1.165) is 5.39 Å². The number of H-pyrrole nitrogens is 1. The molecule has 2 heterocycles. The Morgan fingerprint density at radius 3 is 3.11 bits per heavy atom. The number of anilines is 1. The van der Waals surface area contributed by atoms with E-state index in [4.69, 9.17) is 9.15 Å². The number of carbonyl (C=O) groups excluding carboxylic acids is 1. The summed E-state index contributed by atoms with van der Waals surface area (Å²) in [5, 5.41) is 9.85. The van der Waals surface area contributed by atoms with Gasteiger partial charge in [-0.25, -0.2) is 0 Å². The van der Waals surface area contributed by atoms with Crippen molar-refractivity contribution >= 4 is 22.6 Å². The molecular formula is C13H11N3O3. The van der Waals surface area contributed by atoms with E-state index < -0.39 is 0 Å². The van der Waals surface area contributed by atoms with Crippen LogP contribution < -0.4 is 10.1 Å². The number of rotatable bonds is 3. The van der Waals surface area contributed by atoms with E-state index in [2.05, 4.69) is 15.5 Å². The fraction of sp³-hybridized carbons (Fsp3) is 0.0769. The Balaban J connectivity index is 1.95. The summed E-state index contributed by atoms with van der Waals surface area (Å²) >= 11 is 0. The van der Waals surface area contributed by atoms with Crippen LogP contribution in [0.5, 0.6) is 5.75 Å². The van der Waals surface area contributed by atoms with E-state index in [9.17, 15) is 4.79 Å². The molecule has 2 N–H and O–H groups in total. The van der Waals surface area contributed by atoms with Crippen molar-refractivity contribution in [2.24, 2.45) is 0 Å². The normalized spacial score (nSPS) is 10.6. The standard InChI is InChI=1S/C13H11N3O3/c1-18-10-4-2-3-8-5-11(19-12(8)10)13(17)16-9-6-14-15-7-9/h2-7H,1H3,(H,14,15)(H,16,17). The molecule has 0 atom stereocenters. The van der Waals surface area contributed by atoms with Crippen molar-refractivity contribution in [1.29, 1.82) is 0 Å². The summed E-state index contributed by atoms with van der Waals surface area (Å²) in [6.45, 7) is 0.